The van der Waals surface area contributed by atoms with Gasteiger partial charge < -0.3 is 4.74 Å². The van der Waals surface area contributed by atoms with Gasteiger partial charge in [0.15, 0.2) is 5.17 Å². The third kappa shape index (κ3) is 5.20. The monoisotopic (exact) mass is 537 g/mol. The van der Waals surface area contributed by atoms with Crippen LogP contribution in [-0.2, 0) is 11.4 Å². The van der Waals surface area contributed by atoms with Crippen molar-refractivity contribution in [3.8, 4) is 5.75 Å². The summed E-state index contributed by atoms with van der Waals surface area (Å²) in [6.07, 6.45) is 1.87. The fraction of sp³-hybridized carbons (Fsp3) is 0.238. The second-order valence-corrected chi connectivity index (χ2v) is 8.49. The molecular weight excluding hydrogens is 517 g/mol. The van der Waals surface area contributed by atoms with E-state index >= 15 is 0 Å². The van der Waals surface area contributed by atoms with Gasteiger partial charge >= 0.3 is 0 Å². The summed E-state index contributed by atoms with van der Waals surface area (Å²) in [5.74, 6) is 0.688. The summed E-state index contributed by atoms with van der Waals surface area (Å²) < 4.78 is 6.77. The summed E-state index contributed by atoms with van der Waals surface area (Å²) in [5, 5.41) is 11.5. The molecule has 1 fully saturated rings. The van der Waals surface area contributed by atoms with E-state index in [9.17, 15) is 14.9 Å². The maximum atomic E-state index is 12.6. The number of nitrogens with zero attached hydrogens (tertiary/aromatic N) is 3. The summed E-state index contributed by atoms with van der Waals surface area (Å²) in [5.41, 5.74) is 1.81. The Morgan fingerprint density at radius 3 is 2.57 bits per heavy atom. The molecule has 0 atom stereocenters. The van der Waals surface area contributed by atoms with Crippen LogP contribution in [0.25, 0.3) is 6.08 Å². The van der Waals surface area contributed by atoms with Gasteiger partial charge in [-0.3, -0.25) is 24.8 Å². The van der Waals surface area contributed by atoms with Crippen LogP contribution in [0.2, 0.25) is 0 Å². The SMILES string of the molecule is CCN=C1S/C(=C\c2ccc(OCc3ccc([N+](=O)[O-])cc3)c(I)c2)C(=O)N1CC. The van der Waals surface area contributed by atoms with E-state index in [0.717, 1.165) is 19.9 Å². The average Bonchev–Trinajstić information content (AvgIpc) is 3.02. The van der Waals surface area contributed by atoms with Crippen LogP contribution in [-0.4, -0.2) is 34.0 Å². The van der Waals surface area contributed by atoms with Crippen molar-refractivity contribution >= 4 is 57.2 Å². The third-order valence-corrected chi connectivity index (χ3v) is 6.18. The van der Waals surface area contributed by atoms with E-state index in [4.69, 9.17) is 4.74 Å². The fourth-order valence-corrected chi connectivity index (χ4v) is 4.59. The van der Waals surface area contributed by atoms with Crippen LogP contribution in [0, 0.1) is 13.7 Å². The Balaban J connectivity index is 1.71. The summed E-state index contributed by atoms with van der Waals surface area (Å²) >= 11 is 3.59. The van der Waals surface area contributed by atoms with Crippen molar-refractivity contribution in [1.29, 1.82) is 0 Å². The van der Waals surface area contributed by atoms with Gasteiger partial charge in [0.1, 0.15) is 12.4 Å². The first-order chi connectivity index (χ1) is 14.4. The molecule has 1 aliphatic rings. The number of hydrogen-bond acceptors (Lipinski definition) is 6. The summed E-state index contributed by atoms with van der Waals surface area (Å²) in [6, 6.07) is 12.0. The molecule has 2 aromatic carbocycles. The quantitative estimate of drug-likeness (QED) is 0.213. The Labute approximate surface area is 192 Å². The molecular formula is C21H20IN3O4S. The normalized spacial score (nSPS) is 16.5. The number of likely N-dealkylation sites (N-methyl/N-ethyl adjacent to an activating group) is 1. The molecule has 1 amide bonds. The van der Waals surface area contributed by atoms with Gasteiger partial charge in [-0.05, 0) is 89.7 Å². The molecule has 2 aromatic rings. The molecule has 0 saturated carbocycles. The minimum Gasteiger partial charge on any atom is -0.488 e. The van der Waals surface area contributed by atoms with Gasteiger partial charge in [-0.15, -0.1) is 0 Å². The molecule has 9 heteroatoms. The number of carbonyl (C=O) groups excluding carboxylic acids is 1. The summed E-state index contributed by atoms with van der Waals surface area (Å²) in [7, 11) is 0. The van der Waals surface area contributed by atoms with Gasteiger partial charge in [0.25, 0.3) is 11.6 Å². The number of amides is 1. The second-order valence-electron chi connectivity index (χ2n) is 6.32. The summed E-state index contributed by atoms with van der Waals surface area (Å²) in [4.78, 5) is 29.6. The number of halogens is 1. The molecule has 3 rings (SSSR count). The lowest BCUT2D eigenvalue weighted by atomic mass is 10.2. The molecule has 1 heterocycles. The topological polar surface area (TPSA) is 85.0 Å². The van der Waals surface area contributed by atoms with E-state index in [1.54, 1.807) is 17.0 Å². The predicted molar refractivity (Wildman–Crippen MR) is 128 cm³/mol. The Kier molecular flexibility index (Phi) is 7.48. The van der Waals surface area contributed by atoms with Crippen LogP contribution in [0.4, 0.5) is 5.69 Å². The van der Waals surface area contributed by atoms with Crippen molar-refractivity contribution in [2.75, 3.05) is 13.1 Å². The smallest absolute Gasteiger partial charge is 0.269 e. The van der Waals surface area contributed by atoms with E-state index in [1.165, 1.54) is 23.9 Å². The standard InChI is InChI=1S/C21H20IN3O4S/c1-3-23-21-24(4-2)20(26)19(30-21)12-15-7-10-18(17(22)11-15)29-13-14-5-8-16(9-6-14)25(27)28/h5-12H,3-4,13H2,1-2H3/b19-12-,23-21?. The zero-order chi connectivity index (χ0) is 21.7. The lowest BCUT2D eigenvalue weighted by Crippen LogP contribution is -2.28. The number of amidine groups is 1. The Hall–Kier alpha value is -2.40. The molecule has 0 N–H and O–H groups in total. The van der Waals surface area contributed by atoms with Crippen LogP contribution >= 0.6 is 34.4 Å². The number of ether oxygens (including phenoxy) is 1. The zero-order valence-electron chi connectivity index (χ0n) is 16.5. The average molecular weight is 537 g/mol. The third-order valence-electron chi connectivity index (χ3n) is 4.29. The molecule has 0 radical (unpaired) electrons. The molecule has 0 aliphatic carbocycles. The molecule has 156 valence electrons. The molecule has 1 saturated heterocycles. The van der Waals surface area contributed by atoms with Crippen molar-refractivity contribution < 1.29 is 14.5 Å². The van der Waals surface area contributed by atoms with Crippen LogP contribution < -0.4 is 4.74 Å². The van der Waals surface area contributed by atoms with Crippen molar-refractivity contribution in [2.45, 2.75) is 20.5 Å². The Morgan fingerprint density at radius 1 is 1.23 bits per heavy atom. The summed E-state index contributed by atoms with van der Waals surface area (Å²) in [6.45, 7) is 5.43. The minimum atomic E-state index is -0.426. The van der Waals surface area contributed by atoms with E-state index in [2.05, 4.69) is 27.6 Å². The molecule has 7 nitrogen and oxygen atoms in total. The number of hydrogen-bond donors (Lipinski definition) is 0. The van der Waals surface area contributed by atoms with E-state index in [1.807, 2.05) is 38.1 Å². The van der Waals surface area contributed by atoms with Gasteiger partial charge in [0.05, 0.1) is 13.4 Å². The molecule has 0 spiro atoms. The van der Waals surface area contributed by atoms with Crippen LogP contribution in [0.3, 0.4) is 0 Å². The van der Waals surface area contributed by atoms with E-state index < -0.39 is 4.92 Å². The largest absolute Gasteiger partial charge is 0.488 e. The molecule has 30 heavy (non-hydrogen) atoms. The van der Waals surface area contributed by atoms with Gasteiger partial charge in [0, 0.05) is 25.2 Å². The first kappa shape index (κ1) is 22.3. The maximum Gasteiger partial charge on any atom is 0.269 e. The van der Waals surface area contributed by atoms with Crippen molar-refractivity contribution in [3.63, 3.8) is 0 Å². The Morgan fingerprint density at radius 2 is 1.97 bits per heavy atom. The van der Waals surface area contributed by atoms with Gasteiger partial charge in [0.2, 0.25) is 0 Å². The molecule has 0 unspecified atom stereocenters. The number of nitro benzene ring substituents is 1. The zero-order valence-corrected chi connectivity index (χ0v) is 19.5. The number of benzene rings is 2. The highest BCUT2D eigenvalue weighted by molar-refractivity contribution is 14.1. The lowest BCUT2D eigenvalue weighted by Gasteiger charge is -2.11. The van der Waals surface area contributed by atoms with Crippen molar-refractivity contribution in [1.82, 2.24) is 4.90 Å². The second kappa shape index (κ2) is 10.1. The van der Waals surface area contributed by atoms with Crippen LogP contribution in [0.5, 0.6) is 5.75 Å². The van der Waals surface area contributed by atoms with Crippen molar-refractivity contribution in [3.05, 3.63) is 72.2 Å². The van der Waals surface area contributed by atoms with Gasteiger partial charge in [-0.2, -0.15) is 0 Å². The first-order valence-corrected chi connectivity index (χ1v) is 11.2. The number of non-ortho nitro benzene ring substituents is 1. The highest BCUT2D eigenvalue weighted by Crippen LogP contribution is 2.33. The van der Waals surface area contributed by atoms with E-state index in [-0.39, 0.29) is 11.6 Å². The highest BCUT2D eigenvalue weighted by atomic mass is 127. The number of carbonyl (C=O) groups is 1. The number of aliphatic imine (C=N–C) groups is 1. The number of thioether (sulfide) groups is 1. The first-order valence-electron chi connectivity index (χ1n) is 9.34. The van der Waals surface area contributed by atoms with Crippen molar-refractivity contribution in [2.24, 2.45) is 4.99 Å². The van der Waals surface area contributed by atoms with Crippen LogP contribution in [0.15, 0.2) is 52.4 Å². The number of nitro groups is 1. The molecule has 1 aliphatic heterocycles. The number of rotatable bonds is 7. The van der Waals surface area contributed by atoms with Gasteiger partial charge in [-0.1, -0.05) is 6.07 Å². The maximum absolute atomic E-state index is 12.6. The van der Waals surface area contributed by atoms with Gasteiger partial charge in [-0.25, -0.2) is 0 Å². The molecule has 0 aromatic heterocycles. The predicted octanol–water partition coefficient (Wildman–Crippen LogP) is 5.09. The lowest BCUT2D eigenvalue weighted by molar-refractivity contribution is -0.384. The van der Waals surface area contributed by atoms with E-state index in [0.29, 0.717) is 30.4 Å². The molecule has 0 bridgehead atoms. The Bertz CT molecular complexity index is 1020. The minimum absolute atomic E-state index is 0.0248. The highest BCUT2D eigenvalue weighted by Gasteiger charge is 2.31. The fourth-order valence-electron chi connectivity index (χ4n) is 2.79. The van der Waals surface area contributed by atoms with Crippen LogP contribution in [0.1, 0.15) is 25.0 Å².